The van der Waals surface area contributed by atoms with E-state index in [1.165, 1.54) is 27.3 Å². The second-order valence-corrected chi connectivity index (χ2v) is 12.2. The van der Waals surface area contributed by atoms with E-state index in [-0.39, 0.29) is 36.0 Å². The summed E-state index contributed by atoms with van der Waals surface area (Å²) in [6.07, 6.45) is 7.37. The predicted octanol–water partition coefficient (Wildman–Crippen LogP) is 3.66. The third-order valence-electron chi connectivity index (χ3n) is 7.62. The number of fused-ring (bicyclic) bond motifs is 2. The molecule has 1 aromatic carbocycles. The monoisotopic (exact) mass is 546 g/mol. The van der Waals surface area contributed by atoms with Gasteiger partial charge in [0.25, 0.3) is 0 Å². The Kier molecular flexibility index (Phi) is 5.88. The topological polar surface area (TPSA) is 103 Å². The zero-order valence-corrected chi connectivity index (χ0v) is 22.6. The van der Waals surface area contributed by atoms with Gasteiger partial charge in [-0.3, -0.25) is 14.5 Å². The van der Waals surface area contributed by atoms with Crippen LogP contribution in [-0.2, 0) is 23.5 Å². The van der Waals surface area contributed by atoms with Gasteiger partial charge in [0.05, 0.1) is 28.7 Å². The number of aryl methyl sites for hydroxylation is 3. The minimum absolute atomic E-state index is 0.0227. The van der Waals surface area contributed by atoms with Crippen LogP contribution in [0.1, 0.15) is 39.4 Å². The van der Waals surface area contributed by atoms with Crippen molar-refractivity contribution < 1.29 is 17.6 Å². The Morgan fingerprint density at radius 3 is 2.59 bits per heavy atom. The number of hydrogen-bond acceptors (Lipinski definition) is 6. The molecule has 11 heteroatoms. The summed E-state index contributed by atoms with van der Waals surface area (Å²) in [5.74, 6) is -0.564. The van der Waals surface area contributed by atoms with Crippen molar-refractivity contribution in [2.75, 3.05) is 13.1 Å². The molecule has 9 nitrogen and oxygen atoms in total. The van der Waals surface area contributed by atoms with Crippen molar-refractivity contribution in [1.82, 2.24) is 28.9 Å². The molecule has 0 amide bonds. The van der Waals surface area contributed by atoms with Crippen molar-refractivity contribution >= 4 is 21.9 Å². The molecule has 0 saturated carbocycles. The fourth-order valence-corrected chi connectivity index (χ4v) is 7.38. The third-order valence-corrected chi connectivity index (χ3v) is 9.57. The second kappa shape index (κ2) is 9.06. The summed E-state index contributed by atoms with van der Waals surface area (Å²) in [7, 11) is -2.23. The lowest BCUT2D eigenvalue weighted by atomic mass is 9.65. The normalized spacial score (nSPS) is 19.3. The molecule has 4 heterocycles. The molecule has 0 N–H and O–H groups in total. The molecule has 200 valence electrons. The van der Waals surface area contributed by atoms with Gasteiger partial charge in [-0.2, -0.15) is 14.5 Å². The first-order valence-electron chi connectivity index (χ1n) is 12.6. The van der Waals surface area contributed by atoms with Crippen LogP contribution in [0.4, 0.5) is 4.39 Å². The highest BCUT2D eigenvalue weighted by atomic mass is 32.2. The van der Waals surface area contributed by atoms with E-state index < -0.39 is 15.4 Å². The molecular formula is C28H27FN6O3S. The molecule has 0 bridgehead atoms. The number of sulfonamides is 1. The van der Waals surface area contributed by atoms with Crippen molar-refractivity contribution in [1.29, 1.82) is 0 Å². The Balaban J connectivity index is 1.47. The van der Waals surface area contributed by atoms with Crippen molar-refractivity contribution in [3.63, 3.8) is 0 Å². The van der Waals surface area contributed by atoms with E-state index in [1.807, 2.05) is 19.1 Å². The van der Waals surface area contributed by atoms with Gasteiger partial charge in [0.1, 0.15) is 16.4 Å². The van der Waals surface area contributed by atoms with Crippen LogP contribution in [-0.4, -0.2) is 56.1 Å². The van der Waals surface area contributed by atoms with Crippen LogP contribution in [0, 0.1) is 25.1 Å². The zero-order chi connectivity index (χ0) is 27.5. The van der Waals surface area contributed by atoms with Crippen molar-refractivity contribution in [3.8, 4) is 5.69 Å². The largest absolute Gasteiger partial charge is 0.291 e. The van der Waals surface area contributed by atoms with E-state index in [2.05, 4.69) is 15.2 Å². The Hall–Kier alpha value is -3.96. The maximum Gasteiger partial charge on any atom is 0.246 e. The van der Waals surface area contributed by atoms with Gasteiger partial charge >= 0.3 is 0 Å². The van der Waals surface area contributed by atoms with Crippen LogP contribution in [0.2, 0.25) is 0 Å². The first-order valence-corrected chi connectivity index (χ1v) is 14.0. The number of Topliss-reactive ketones (excluding diaryl/α,β-unsaturated/α-hetero) is 1. The highest BCUT2D eigenvalue weighted by Crippen LogP contribution is 2.47. The van der Waals surface area contributed by atoms with Gasteiger partial charge in [0.15, 0.2) is 5.78 Å². The fourth-order valence-electron chi connectivity index (χ4n) is 5.68. The van der Waals surface area contributed by atoms with Crippen LogP contribution in [0.25, 0.3) is 11.8 Å². The van der Waals surface area contributed by atoms with Gasteiger partial charge in [-0.05, 0) is 80.3 Å². The third kappa shape index (κ3) is 4.12. The zero-order valence-electron chi connectivity index (χ0n) is 21.8. The number of carbonyl (C=O) groups excluding carboxylic acids is 1. The van der Waals surface area contributed by atoms with Crippen molar-refractivity contribution in [2.45, 2.75) is 31.6 Å². The minimum Gasteiger partial charge on any atom is -0.291 e. The number of pyridine rings is 1. The Bertz CT molecular complexity index is 1760. The number of halogens is 1. The number of hydrogen-bond donors (Lipinski definition) is 0. The lowest BCUT2D eigenvalue weighted by Gasteiger charge is -2.44. The summed E-state index contributed by atoms with van der Waals surface area (Å²) in [4.78, 5) is 18.8. The Morgan fingerprint density at radius 1 is 1.13 bits per heavy atom. The lowest BCUT2D eigenvalue weighted by molar-refractivity contribution is 0.0770. The Labute approximate surface area is 225 Å². The molecule has 0 radical (unpaired) electrons. The number of benzene rings is 1. The van der Waals surface area contributed by atoms with Gasteiger partial charge in [-0.15, -0.1) is 0 Å². The van der Waals surface area contributed by atoms with Crippen LogP contribution in [0.15, 0.2) is 65.5 Å². The maximum absolute atomic E-state index is 14.3. The molecular weight excluding hydrogens is 519 g/mol. The number of ketones is 1. The smallest absolute Gasteiger partial charge is 0.246 e. The van der Waals surface area contributed by atoms with Gasteiger partial charge in [-0.25, -0.2) is 17.5 Å². The first kappa shape index (κ1) is 25.3. The number of rotatable bonds is 5. The van der Waals surface area contributed by atoms with Crippen molar-refractivity contribution in [2.24, 2.45) is 12.5 Å². The average molecular weight is 547 g/mol. The summed E-state index contributed by atoms with van der Waals surface area (Å²) >= 11 is 0. The van der Waals surface area contributed by atoms with E-state index in [0.717, 1.165) is 22.4 Å². The van der Waals surface area contributed by atoms with Crippen molar-refractivity contribution in [3.05, 3.63) is 94.6 Å². The number of aromatic nitrogens is 5. The van der Waals surface area contributed by atoms with E-state index >= 15 is 0 Å². The summed E-state index contributed by atoms with van der Waals surface area (Å²) in [6, 6.07) is 9.61. The predicted molar refractivity (Wildman–Crippen MR) is 142 cm³/mol. The van der Waals surface area contributed by atoms with E-state index in [1.54, 1.807) is 49.2 Å². The Morgan fingerprint density at radius 2 is 1.90 bits per heavy atom. The molecule has 2 aliphatic rings. The molecule has 0 spiro atoms. The molecule has 1 aliphatic carbocycles. The molecule has 1 atom stereocenters. The second-order valence-electron chi connectivity index (χ2n) is 10.3. The van der Waals surface area contributed by atoms with Gasteiger partial charge in [0, 0.05) is 32.5 Å². The first-order chi connectivity index (χ1) is 18.6. The number of carbonyl (C=O) groups is 1. The summed E-state index contributed by atoms with van der Waals surface area (Å²) in [5, 5.41) is 8.76. The molecule has 6 rings (SSSR count). The van der Waals surface area contributed by atoms with Crippen LogP contribution < -0.4 is 0 Å². The minimum atomic E-state index is -3.91. The van der Waals surface area contributed by atoms with Gasteiger partial charge < -0.3 is 0 Å². The lowest BCUT2D eigenvalue weighted by Crippen LogP contribution is -2.53. The molecule has 1 fully saturated rings. The SMILES string of the molecule is Cc1ccnc(C(=O)C23Cc4cnn(-c5ccc(F)cc5)c4C=C2CCN(S(=O)(=O)c2cn(C)nc2C)C3)c1. The number of piperidine rings is 1. The molecule has 4 aromatic rings. The molecule has 3 aromatic heterocycles. The van der Waals surface area contributed by atoms with Gasteiger partial charge in [0.2, 0.25) is 10.0 Å². The maximum atomic E-state index is 14.3. The average Bonchev–Trinajstić information content (AvgIpc) is 3.48. The standard InChI is InChI=1S/C28H27FN6O3S/c1-18-8-10-30-24(12-18)27(36)28-14-20-15-31-35(23-6-4-22(29)5-7-23)25(20)13-21(28)9-11-34(17-28)39(37,38)26-16-33(3)32-19(26)2/h4-8,10,12-13,15-16H,9,11,14,17H2,1-3H3. The molecule has 1 aliphatic heterocycles. The molecule has 1 saturated heterocycles. The fraction of sp³-hybridized carbons (Fsp3) is 0.286. The van der Waals surface area contributed by atoms with Gasteiger partial charge in [-0.1, -0.05) is 5.57 Å². The quantitative estimate of drug-likeness (QED) is 0.354. The van der Waals surface area contributed by atoms with E-state index in [4.69, 9.17) is 0 Å². The number of nitrogens with zero attached hydrogens (tertiary/aromatic N) is 6. The van der Waals surface area contributed by atoms with E-state index in [9.17, 15) is 17.6 Å². The molecule has 1 unspecified atom stereocenters. The van der Waals surface area contributed by atoms with Crippen LogP contribution in [0.3, 0.4) is 0 Å². The summed E-state index contributed by atoms with van der Waals surface area (Å²) in [6.45, 7) is 3.75. The summed E-state index contributed by atoms with van der Waals surface area (Å²) < 4.78 is 45.7. The van der Waals surface area contributed by atoms with Crippen LogP contribution in [0.5, 0.6) is 0 Å². The van der Waals surface area contributed by atoms with Crippen LogP contribution >= 0.6 is 0 Å². The van der Waals surface area contributed by atoms with E-state index in [0.29, 0.717) is 23.5 Å². The highest BCUT2D eigenvalue weighted by molar-refractivity contribution is 7.89. The highest BCUT2D eigenvalue weighted by Gasteiger charge is 2.51. The molecule has 39 heavy (non-hydrogen) atoms. The summed E-state index contributed by atoms with van der Waals surface area (Å²) in [5.41, 5.74) is 3.59.